The van der Waals surface area contributed by atoms with Crippen molar-refractivity contribution in [1.29, 1.82) is 0 Å². The molecular formula is C22H25FN6O3. The SMILES string of the molecule is C=CC(=O)N1CCN(Cc2ccc(CNc3ncc(F)c(N4CCOC4=O)n3)cc2)CC1. The maximum absolute atomic E-state index is 14.0. The highest BCUT2D eigenvalue weighted by molar-refractivity contribution is 5.88. The number of nitrogens with one attached hydrogen (secondary N) is 1. The molecule has 0 bridgehead atoms. The topological polar surface area (TPSA) is 90.9 Å². The van der Waals surface area contributed by atoms with E-state index < -0.39 is 11.9 Å². The molecule has 9 nitrogen and oxygen atoms in total. The molecule has 0 radical (unpaired) electrons. The molecule has 0 aliphatic carbocycles. The smallest absolute Gasteiger partial charge is 0.415 e. The number of halogens is 1. The van der Waals surface area contributed by atoms with E-state index in [1.165, 1.54) is 11.6 Å². The summed E-state index contributed by atoms with van der Waals surface area (Å²) in [5.41, 5.74) is 2.20. The molecule has 3 heterocycles. The lowest BCUT2D eigenvalue weighted by molar-refractivity contribution is -0.127. The van der Waals surface area contributed by atoms with E-state index in [4.69, 9.17) is 4.74 Å². The number of rotatable bonds is 7. The molecule has 2 fully saturated rings. The van der Waals surface area contributed by atoms with Crippen LogP contribution in [0.3, 0.4) is 0 Å². The molecule has 0 spiro atoms. The number of carbonyl (C=O) groups is 2. The fourth-order valence-corrected chi connectivity index (χ4v) is 3.68. The molecule has 0 atom stereocenters. The minimum atomic E-state index is -0.673. The number of benzene rings is 1. The molecule has 2 aliphatic heterocycles. The minimum absolute atomic E-state index is 0.0147. The van der Waals surface area contributed by atoms with Gasteiger partial charge in [0.2, 0.25) is 11.9 Å². The van der Waals surface area contributed by atoms with Crippen molar-refractivity contribution in [3.8, 4) is 0 Å². The molecule has 0 saturated carbocycles. The van der Waals surface area contributed by atoms with E-state index in [1.807, 2.05) is 17.0 Å². The zero-order chi connectivity index (χ0) is 22.5. The average Bonchev–Trinajstić information content (AvgIpc) is 3.25. The number of anilines is 2. The Kier molecular flexibility index (Phi) is 6.60. The number of piperazine rings is 1. The lowest BCUT2D eigenvalue weighted by Crippen LogP contribution is -2.47. The summed E-state index contributed by atoms with van der Waals surface area (Å²) in [6, 6.07) is 8.16. The Morgan fingerprint density at radius 3 is 2.53 bits per heavy atom. The zero-order valence-electron chi connectivity index (χ0n) is 17.7. The predicted octanol–water partition coefficient (Wildman–Crippen LogP) is 2.01. The summed E-state index contributed by atoms with van der Waals surface area (Å²) in [5, 5.41) is 3.07. The fraction of sp³-hybridized carbons (Fsp3) is 0.364. The van der Waals surface area contributed by atoms with Gasteiger partial charge in [0.1, 0.15) is 6.61 Å². The lowest BCUT2D eigenvalue weighted by Gasteiger charge is -2.34. The third kappa shape index (κ3) is 5.02. The highest BCUT2D eigenvalue weighted by atomic mass is 19.1. The van der Waals surface area contributed by atoms with Crippen molar-refractivity contribution in [3.05, 3.63) is 60.1 Å². The van der Waals surface area contributed by atoms with E-state index in [2.05, 4.69) is 38.9 Å². The maximum atomic E-state index is 14.0. The first kappa shape index (κ1) is 21.7. The zero-order valence-corrected chi connectivity index (χ0v) is 17.7. The van der Waals surface area contributed by atoms with Crippen LogP contribution in [0.4, 0.5) is 21.0 Å². The Morgan fingerprint density at radius 1 is 1.16 bits per heavy atom. The van der Waals surface area contributed by atoms with E-state index in [0.717, 1.165) is 36.3 Å². The number of nitrogens with zero attached hydrogens (tertiary/aromatic N) is 5. The van der Waals surface area contributed by atoms with Gasteiger partial charge in [0.25, 0.3) is 0 Å². The molecule has 2 saturated heterocycles. The van der Waals surface area contributed by atoms with Gasteiger partial charge in [0, 0.05) is 39.3 Å². The maximum Gasteiger partial charge on any atom is 0.415 e. The highest BCUT2D eigenvalue weighted by Gasteiger charge is 2.28. The monoisotopic (exact) mass is 440 g/mol. The van der Waals surface area contributed by atoms with Crippen LogP contribution in [0.1, 0.15) is 11.1 Å². The van der Waals surface area contributed by atoms with Gasteiger partial charge in [-0.2, -0.15) is 4.98 Å². The van der Waals surface area contributed by atoms with E-state index in [9.17, 15) is 14.0 Å². The third-order valence-corrected chi connectivity index (χ3v) is 5.48. The number of cyclic esters (lactones) is 1. The van der Waals surface area contributed by atoms with Gasteiger partial charge in [-0.05, 0) is 17.2 Å². The molecule has 168 valence electrons. The number of aromatic nitrogens is 2. The quantitative estimate of drug-likeness (QED) is 0.659. The molecule has 2 aliphatic rings. The van der Waals surface area contributed by atoms with Crippen LogP contribution in [0.25, 0.3) is 0 Å². The van der Waals surface area contributed by atoms with E-state index >= 15 is 0 Å². The number of amides is 2. The lowest BCUT2D eigenvalue weighted by atomic mass is 10.1. The normalized spacial score (nSPS) is 16.7. The minimum Gasteiger partial charge on any atom is -0.447 e. The van der Waals surface area contributed by atoms with Crippen LogP contribution in [0, 0.1) is 5.82 Å². The van der Waals surface area contributed by atoms with E-state index in [0.29, 0.717) is 19.6 Å². The number of hydrogen-bond acceptors (Lipinski definition) is 7. The Bertz CT molecular complexity index is 992. The average molecular weight is 440 g/mol. The molecule has 0 unspecified atom stereocenters. The van der Waals surface area contributed by atoms with Crippen LogP contribution in [-0.4, -0.2) is 71.1 Å². The highest BCUT2D eigenvalue weighted by Crippen LogP contribution is 2.21. The number of carbonyl (C=O) groups excluding carboxylic acids is 2. The summed E-state index contributed by atoms with van der Waals surface area (Å²) in [6.07, 6.45) is 1.79. The van der Waals surface area contributed by atoms with E-state index in [1.54, 1.807) is 0 Å². The third-order valence-electron chi connectivity index (χ3n) is 5.48. The first-order valence-corrected chi connectivity index (χ1v) is 10.5. The Labute approximate surface area is 185 Å². The van der Waals surface area contributed by atoms with E-state index in [-0.39, 0.29) is 30.8 Å². The van der Waals surface area contributed by atoms with Gasteiger partial charge in [-0.1, -0.05) is 30.8 Å². The second-order valence-corrected chi connectivity index (χ2v) is 7.61. The molecular weight excluding hydrogens is 415 g/mol. The number of hydrogen-bond donors (Lipinski definition) is 1. The number of ether oxygens (including phenoxy) is 1. The molecule has 1 aromatic carbocycles. The molecule has 4 rings (SSSR count). The second-order valence-electron chi connectivity index (χ2n) is 7.61. The summed E-state index contributed by atoms with van der Waals surface area (Å²) in [7, 11) is 0. The molecule has 1 aromatic heterocycles. The summed E-state index contributed by atoms with van der Waals surface area (Å²) in [6.45, 7) is 8.36. The van der Waals surface area contributed by atoms with Crippen molar-refractivity contribution in [3.63, 3.8) is 0 Å². The molecule has 10 heteroatoms. The molecule has 2 aromatic rings. The predicted molar refractivity (Wildman–Crippen MR) is 117 cm³/mol. The summed E-state index contributed by atoms with van der Waals surface area (Å²) < 4.78 is 18.9. The van der Waals surface area contributed by atoms with Gasteiger partial charge in [-0.3, -0.25) is 14.6 Å². The van der Waals surface area contributed by atoms with Crippen LogP contribution in [0.5, 0.6) is 0 Å². The van der Waals surface area contributed by atoms with Gasteiger partial charge in [0.15, 0.2) is 11.6 Å². The van der Waals surface area contributed by atoms with Gasteiger partial charge in [0.05, 0.1) is 12.7 Å². The summed E-state index contributed by atoms with van der Waals surface area (Å²) in [4.78, 5) is 36.7. The molecule has 1 N–H and O–H groups in total. The second kappa shape index (κ2) is 9.73. The van der Waals surface area contributed by atoms with Crippen LogP contribution in [0.15, 0.2) is 43.1 Å². The standard InChI is InChI=1S/C22H25FN6O3/c1-2-19(30)28-9-7-27(8-10-28)15-17-5-3-16(4-6-17)13-24-21-25-14-18(23)20(26-21)29-11-12-32-22(29)31/h2-6,14H,1,7-13,15H2,(H,24,25,26). The Balaban J connectivity index is 1.30. The van der Waals surface area contributed by atoms with Crippen molar-refractivity contribution >= 4 is 23.8 Å². The molecule has 32 heavy (non-hydrogen) atoms. The van der Waals surface area contributed by atoms with Crippen LogP contribution >= 0.6 is 0 Å². The van der Waals surface area contributed by atoms with Crippen molar-refractivity contribution in [2.45, 2.75) is 13.1 Å². The van der Waals surface area contributed by atoms with Crippen molar-refractivity contribution in [2.24, 2.45) is 0 Å². The first-order chi connectivity index (χ1) is 15.5. The van der Waals surface area contributed by atoms with Crippen LogP contribution < -0.4 is 10.2 Å². The fourth-order valence-electron chi connectivity index (χ4n) is 3.68. The van der Waals surface area contributed by atoms with Gasteiger partial charge < -0.3 is 15.0 Å². The van der Waals surface area contributed by atoms with Gasteiger partial charge >= 0.3 is 6.09 Å². The largest absolute Gasteiger partial charge is 0.447 e. The summed E-state index contributed by atoms with van der Waals surface area (Å²) in [5.74, 6) is -0.542. The van der Waals surface area contributed by atoms with Crippen molar-refractivity contribution < 1.29 is 18.7 Å². The van der Waals surface area contributed by atoms with Crippen LogP contribution in [0.2, 0.25) is 0 Å². The van der Waals surface area contributed by atoms with Crippen molar-refractivity contribution in [2.75, 3.05) is 49.5 Å². The Hall–Kier alpha value is -3.53. The van der Waals surface area contributed by atoms with Gasteiger partial charge in [-0.15, -0.1) is 0 Å². The van der Waals surface area contributed by atoms with Gasteiger partial charge in [-0.25, -0.2) is 14.2 Å². The summed E-state index contributed by atoms with van der Waals surface area (Å²) >= 11 is 0. The van der Waals surface area contributed by atoms with Crippen LogP contribution in [-0.2, 0) is 22.6 Å². The first-order valence-electron chi connectivity index (χ1n) is 10.5. The molecule has 2 amide bonds. The Morgan fingerprint density at radius 2 is 1.88 bits per heavy atom. The van der Waals surface area contributed by atoms with Crippen molar-refractivity contribution in [1.82, 2.24) is 19.8 Å².